The highest BCUT2D eigenvalue weighted by Gasteiger charge is 2.74. The zero-order chi connectivity index (χ0) is 16.8. The molecule has 0 radical (unpaired) electrons. The molecule has 1 aliphatic heterocycles. The van der Waals surface area contributed by atoms with Crippen LogP contribution < -0.4 is 15.2 Å². The average molecular weight is 341 g/mol. The summed E-state index contributed by atoms with van der Waals surface area (Å²) in [5.41, 5.74) is 5.25. The number of ether oxygens (including phenoxy) is 3. The fraction of sp³-hybridized carbons (Fsp3) is 0.533. The van der Waals surface area contributed by atoms with Gasteiger partial charge in [-0.3, -0.25) is 4.79 Å². The summed E-state index contributed by atoms with van der Waals surface area (Å²) in [6, 6.07) is 5.16. The van der Waals surface area contributed by atoms with Crippen molar-refractivity contribution in [2.75, 3.05) is 26.2 Å². The molecule has 3 atom stereocenters. The van der Waals surface area contributed by atoms with Crippen molar-refractivity contribution < 1.29 is 27.4 Å². The zero-order valence-corrected chi connectivity index (χ0v) is 13.8. The molecular weight excluding hydrogens is 322 g/mol. The van der Waals surface area contributed by atoms with Crippen LogP contribution in [0, 0.1) is 5.41 Å². The third kappa shape index (κ3) is 2.36. The third-order valence-corrected chi connectivity index (χ3v) is 6.08. The molecule has 0 spiro atoms. The monoisotopic (exact) mass is 341 g/mol. The number of esters is 1. The van der Waals surface area contributed by atoms with Crippen LogP contribution in [-0.4, -0.2) is 45.8 Å². The Labute approximate surface area is 134 Å². The van der Waals surface area contributed by atoms with Crippen molar-refractivity contribution in [3.8, 4) is 11.5 Å². The second kappa shape index (κ2) is 5.38. The van der Waals surface area contributed by atoms with Gasteiger partial charge < -0.3 is 19.9 Å². The summed E-state index contributed by atoms with van der Waals surface area (Å²) in [7, 11) is -3.48. The summed E-state index contributed by atoms with van der Waals surface area (Å²) in [5.74, 6) is 0.0212. The van der Waals surface area contributed by atoms with E-state index in [-0.39, 0.29) is 19.9 Å². The van der Waals surface area contributed by atoms with Crippen LogP contribution in [0.3, 0.4) is 0 Å². The lowest BCUT2D eigenvalue weighted by Gasteiger charge is -2.14. The van der Waals surface area contributed by atoms with E-state index in [9.17, 15) is 13.2 Å². The molecule has 1 heterocycles. The topological polar surface area (TPSA) is 105 Å². The second-order valence-corrected chi connectivity index (χ2v) is 7.97. The van der Waals surface area contributed by atoms with Gasteiger partial charge in [0.1, 0.15) is 5.41 Å². The van der Waals surface area contributed by atoms with Crippen molar-refractivity contribution in [2.24, 2.45) is 11.1 Å². The maximum Gasteiger partial charge on any atom is 0.315 e. The van der Waals surface area contributed by atoms with Gasteiger partial charge in [-0.15, -0.1) is 0 Å². The maximum absolute atomic E-state index is 12.4. The molecule has 0 unspecified atom stereocenters. The number of hydrogen-bond acceptors (Lipinski definition) is 7. The number of hydrogen-bond donors (Lipinski definition) is 1. The summed E-state index contributed by atoms with van der Waals surface area (Å²) in [6.07, 6.45) is 1.12. The highest BCUT2D eigenvalue weighted by molar-refractivity contribution is 7.91. The quantitative estimate of drug-likeness (QED) is 0.774. The highest BCUT2D eigenvalue weighted by atomic mass is 32.2. The highest BCUT2D eigenvalue weighted by Crippen LogP contribution is 2.63. The number of nitrogens with two attached hydrogens (primary N) is 1. The summed E-state index contributed by atoms with van der Waals surface area (Å²) in [6.45, 7) is 1.88. The molecule has 23 heavy (non-hydrogen) atoms. The Morgan fingerprint density at radius 1 is 1.39 bits per heavy atom. The van der Waals surface area contributed by atoms with Gasteiger partial charge in [0.15, 0.2) is 21.3 Å². The van der Waals surface area contributed by atoms with E-state index in [2.05, 4.69) is 0 Å². The van der Waals surface area contributed by atoms with Gasteiger partial charge in [-0.25, -0.2) is 8.42 Å². The van der Waals surface area contributed by atoms with Crippen LogP contribution in [0.4, 0.5) is 0 Å². The number of carbonyl (C=O) groups is 1. The molecule has 1 aromatic rings. The van der Waals surface area contributed by atoms with Crippen molar-refractivity contribution in [3.63, 3.8) is 0 Å². The molecule has 8 heteroatoms. The van der Waals surface area contributed by atoms with Crippen LogP contribution >= 0.6 is 0 Å². The summed E-state index contributed by atoms with van der Waals surface area (Å²) in [4.78, 5) is 12.4. The first-order valence-corrected chi connectivity index (χ1v) is 9.27. The van der Waals surface area contributed by atoms with Crippen molar-refractivity contribution >= 4 is 15.8 Å². The molecule has 3 rings (SSSR count). The Bertz CT molecular complexity index is 746. The minimum Gasteiger partial charge on any atom is -0.465 e. The van der Waals surface area contributed by atoms with Gasteiger partial charge in [0.05, 0.1) is 11.9 Å². The molecule has 0 amide bonds. The van der Waals surface area contributed by atoms with Crippen molar-refractivity contribution in [1.82, 2.24) is 0 Å². The van der Waals surface area contributed by atoms with Gasteiger partial charge in [0.2, 0.25) is 6.79 Å². The first-order valence-electron chi connectivity index (χ1n) is 7.32. The number of carbonyl (C=O) groups excluding carboxylic acids is 1. The van der Waals surface area contributed by atoms with Crippen LogP contribution in [0.1, 0.15) is 18.4 Å². The Morgan fingerprint density at radius 3 is 2.70 bits per heavy atom. The SMILES string of the molecule is CCOC(=O)[C@]1(CN)[C@H](c2ccc3c(c2)OCO3)[C@H]1S(C)(=O)=O. The molecule has 0 aromatic heterocycles. The molecule has 2 N–H and O–H groups in total. The zero-order valence-electron chi connectivity index (χ0n) is 12.9. The predicted octanol–water partition coefficient (Wildman–Crippen LogP) is 0.434. The summed E-state index contributed by atoms with van der Waals surface area (Å²) < 4.78 is 40.0. The predicted molar refractivity (Wildman–Crippen MR) is 82.1 cm³/mol. The smallest absolute Gasteiger partial charge is 0.315 e. The molecule has 1 saturated carbocycles. The first-order chi connectivity index (χ1) is 10.9. The van der Waals surface area contributed by atoms with E-state index in [0.29, 0.717) is 17.1 Å². The Morgan fingerprint density at radius 2 is 2.09 bits per heavy atom. The van der Waals surface area contributed by atoms with E-state index in [1.807, 2.05) is 0 Å². The standard InChI is InChI=1S/C15H19NO6S/c1-3-20-14(17)15(7-16)12(13(15)23(2,18)19)9-4-5-10-11(6-9)22-8-21-10/h4-6,12-13H,3,7-8,16H2,1-2H3/t12-,13-,15-/m1/s1. The lowest BCUT2D eigenvalue weighted by molar-refractivity contribution is -0.149. The summed E-state index contributed by atoms with van der Waals surface area (Å²) >= 11 is 0. The van der Waals surface area contributed by atoms with E-state index in [0.717, 1.165) is 6.26 Å². The molecule has 0 bridgehead atoms. The summed E-state index contributed by atoms with van der Waals surface area (Å²) in [5, 5.41) is -0.889. The fourth-order valence-corrected chi connectivity index (χ4v) is 5.37. The fourth-order valence-electron chi connectivity index (χ4n) is 3.45. The van der Waals surface area contributed by atoms with Crippen LogP contribution in [0.2, 0.25) is 0 Å². The normalized spacial score (nSPS) is 28.5. The number of sulfone groups is 1. The lowest BCUT2D eigenvalue weighted by Crippen LogP contribution is -2.33. The van der Waals surface area contributed by atoms with Crippen LogP contribution in [0.5, 0.6) is 11.5 Å². The van der Waals surface area contributed by atoms with E-state index in [1.165, 1.54) is 0 Å². The molecule has 126 valence electrons. The van der Waals surface area contributed by atoms with Crippen LogP contribution in [0.15, 0.2) is 18.2 Å². The molecule has 1 aliphatic carbocycles. The van der Waals surface area contributed by atoms with Gasteiger partial charge in [-0.1, -0.05) is 6.07 Å². The Kier molecular flexibility index (Phi) is 3.76. The number of fused-ring (bicyclic) bond motifs is 1. The minimum atomic E-state index is -3.48. The molecule has 0 saturated heterocycles. The molecule has 2 aliphatic rings. The maximum atomic E-state index is 12.4. The van der Waals surface area contributed by atoms with Gasteiger partial charge in [0.25, 0.3) is 0 Å². The molecule has 7 nitrogen and oxygen atoms in total. The largest absolute Gasteiger partial charge is 0.465 e. The number of rotatable bonds is 5. The van der Waals surface area contributed by atoms with Gasteiger partial charge in [0, 0.05) is 18.7 Å². The van der Waals surface area contributed by atoms with Gasteiger partial charge in [-0.2, -0.15) is 0 Å². The second-order valence-electron chi connectivity index (χ2n) is 5.81. The van der Waals surface area contributed by atoms with E-state index in [1.54, 1.807) is 25.1 Å². The van der Waals surface area contributed by atoms with Crippen molar-refractivity contribution in [1.29, 1.82) is 0 Å². The van der Waals surface area contributed by atoms with Gasteiger partial charge in [-0.05, 0) is 24.6 Å². The first kappa shape index (κ1) is 16.1. The van der Waals surface area contributed by atoms with Gasteiger partial charge >= 0.3 is 5.97 Å². The van der Waals surface area contributed by atoms with E-state index >= 15 is 0 Å². The van der Waals surface area contributed by atoms with Crippen LogP contribution in [0.25, 0.3) is 0 Å². The van der Waals surface area contributed by atoms with Crippen molar-refractivity contribution in [2.45, 2.75) is 18.1 Å². The van der Waals surface area contributed by atoms with E-state index < -0.39 is 32.4 Å². The molecule has 1 aromatic carbocycles. The third-order valence-electron chi connectivity index (χ3n) is 4.47. The minimum absolute atomic E-state index is 0.0946. The molecular formula is C15H19NO6S. The lowest BCUT2D eigenvalue weighted by atomic mass is 9.99. The Hall–Kier alpha value is -1.80. The molecule has 1 fully saturated rings. The van der Waals surface area contributed by atoms with E-state index in [4.69, 9.17) is 19.9 Å². The van der Waals surface area contributed by atoms with Crippen LogP contribution in [-0.2, 0) is 19.4 Å². The number of benzene rings is 1. The average Bonchev–Trinajstić information content (AvgIpc) is 3.00. The van der Waals surface area contributed by atoms with Crippen molar-refractivity contribution in [3.05, 3.63) is 23.8 Å². The Balaban J connectivity index is 2.04.